The second-order valence-corrected chi connectivity index (χ2v) is 7.82. The molecule has 146 valence electrons. The zero-order valence-corrected chi connectivity index (χ0v) is 14.7. The molecule has 0 unspecified atom stereocenters. The van der Waals surface area contributed by atoms with Gasteiger partial charge in [0.15, 0.2) is 0 Å². The topological polar surface area (TPSA) is 81.2 Å². The summed E-state index contributed by atoms with van der Waals surface area (Å²) in [5.41, 5.74) is 1.39. The Kier molecular flexibility index (Phi) is 4.38. The van der Waals surface area contributed by atoms with E-state index in [1.807, 2.05) is 0 Å². The zero-order valence-electron chi connectivity index (χ0n) is 13.9. The number of amides is 1. The summed E-state index contributed by atoms with van der Waals surface area (Å²) < 4.78 is 54.1. The molecule has 6 nitrogen and oxygen atoms in total. The molecule has 1 amide bonds. The summed E-state index contributed by atoms with van der Waals surface area (Å²) >= 11 is 1.08. The molecule has 2 aliphatic rings. The molecule has 2 aliphatic heterocycles. The maximum atomic E-state index is 14.4. The van der Waals surface area contributed by atoms with Crippen LogP contribution in [0.25, 0.3) is 10.4 Å². The number of alkyl halides is 4. The number of aliphatic hydroxyl groups is 1. The van der Waals surface area contributed by atoms with Gasteiger partial charge in [0.1, 0.15) is 11.0 Å². The van der Waals surface area contributed by atoms with Gasteiger partial charge in [0.2, 0.25) is 0 Å². The summed E-state index contributed by atoms with van der Waals surface area (Å²) in [4.78, 5) is 14.8. The molecule has 2 atom stereocenters. The molecule has 0 aromatic carbocycles. The quantitative estimate of drug-likeness (QED) is 0.683. The average Bonchev–Trinajstić information content (AvgIpc) is 3.17. The van der Waals surface area contributed by atoms with Crippen LogP contribution in [0, 0.1) is 0 Å². The molecule has 11 heteroatoms. The molecule has 27 heavy (non-hydrogen) atoms. The van der Waals surface area contributed by atoms with Gasteiger partial charge < -0.3 is 15.3 Å². The third kappa shape index (κ3) is 3.29. The number of aromatic nitrogens is 2. The van der Waals surface area contributed by atoms with Crippen molar-refractivity contribution in [1.82, 2.24) is 15.5 Å². The van der Waals surface area contributed by atoms with Crippen molar-refractivity contribution < 1.29 is 27.5 Å². The smallest absolute Gasteiger partial charge is 0.269 e. The van der Waals surface area contributed by atoms with Gasteiger partial charge in [-0.25, -0.2) is 17.6 Å². The number of carbonyl (C=O) groups is 1. The van der Waals surface area contributed by atoms with Crippen LogP contribution in [0.1, 0.15) is 21.7 Å². The van der Waals surface area contributed by atoms with Gasteiger partial charge in [0.05, 0.1) is 18.4 Å². The number of carbonyl (C=O) groups excluding carboxylic acids is 1. The van der Waals surface area contributed by atoms with Gasteiger partial charge in [-0.15, -0.1) is 11.3 Å². The van der Waals surface area contributed by atoms with Gasteiger partial charge in [-0.1, -0.05) is 0 Å². The van der Waals surface area contributed by atoms with Gasteiger partial charge in [-0.2, -0.15) is 5.10 Å². The van der Waals surface area contributed by atoms with Gasteiger partial charge in [0.25, 0.3) is 18.3 Å². The van der Waals surface area contributed by atoms with Gasteiger partial charge in [-0.3, -0.25) is 9.89 Å². The minimum atomic E-state index is -3.02. The lowest BCUT2D eigenvalue weighted by Crippen LogP contribution is -2.48. The van der Waals surface area contributed by atoms with Gasteiger partial charge in [-0.05, 0) is 0 Å². The molecular formula is C16H16F4N4O2S. The summed E-state index contributed by atoms with van der Waals surface area (Å²) in [6, 6.07) is -0.861. The fourth-order valence-corrected chi connectivity index (χ4v) is 4.86. The molecule has 0 radical (unpaired) electrons. The Bertz CT molecular complexity index is 855. The van der Waals surface area contributed by atoms with E-state index in [1.165, 1.54) is 11.1 Å². The van der Waals surface area contributed by atoms with E-state index in [-0.39, 0.29) is 11.4 Å². The number of thiophene rings is 1. The predicted octanol–water partition coefficient (Wildman–Crippen LogP) is 2.26. The highest BCUT2D eigenvalue weighted by Crippen LogP contribution is 2.48. The SMILES string of the molecule is O=C1N[C@H](C[C@H](O)C(F)F)CN2CC(F)(F)Cc3c(-c4cn[nH]c4)sc1c32. The van der Waals surface area contributed by atoms with Crippen LogP contribution >= 0.6 is 11.3 Å². The van der Waals surface area contributed by atoms with Crippen LogP contribution in [0.2, 0.25) is 0 Å². The fraction of sp³-hybridized carbons (Fsp3) is 0.500. The largest absolute Gasteiger partial charge is 0.387 e. The molecule has 3 N–H and O–H groups in total. The Hall–Kier alpha value is -2.14. The van der Waals surface area contributed by atoms with Crippen molar-refractivity contribution in [1.29, 1.82) is 0 Å². The lowest BCUT2D eigenvalue weighted by Gasteiger charge is -2.36. The molecular weight excluding hydrogens is 388 g/mol. The van der Waals surface area contributed by atoms with E-state index in [1.54, 1.807) is 6.20 Å². The Balaban J connectivity index is 1.75. The first-order chi connectivity index (χ1) is 12.7. The highest BCUT2D eigenvalue weighted by molar-refractivity contribution is 7.18. The van der Waals surface area contributed by atoms with Crippen molar-refractivity contribution in [2.75, 3.05) is 18.0 Å². The van der Waals surface area contributed by atoms with Crippen molar-refractivity contribution in [3.8, 4) is 10.4 Å². The molecule has 4 rings (SSSR count). The first-order valence-electron chi connectivity index (χ1n) is 8.30. The molecule has 4 heterocycles. The predicted molar refractivity (Wildman–Crippen MR) is 90.6 cm³/mol. The van der Waals surface area contributed by atoms with E-state index in [2.05, 4.69) is 15.5 Å². The lowest BCUT2D eigenvalue weighted by atomic mass is 9.97. The first kappa shape index (κ1) is 18.2. The number of nitrogens with zero attached hydrogens (tertiary/aromatic N) is 2. The van der Waals surface area contributed by atoms with Crippen LogP contribution in [0.5, 0.6) is 0 Å². The number of aromatic amines is 1. The molecule has 2 aromatic heterocycles. The number of hydrogen-bond donors (Lipinski definition) is 3. The summed E-state index contributed by atoms with van der Waals surface area (Å²) in [6.07, 6.45) is -2.75. The van der Waals surface area contributed by atoms with E-state index in [0.717, 1.165) is 11.3 Å². The summed E-state index contributed by atoms with van der Waals surface area (Å²) in [5.74, 6) is -3.53. The highest BCUT2D eigenvalue weighted by Gasteiger charge is 2.45. The minimum absolute atomic E-state index is 0.0767. The van der Waals surface area contributed by atoms with Crippen LogP contribution in [0.4, 0.5) is 23.2 Å². The Morgan fingerprint density at radius 2 is 2.19 bits per heavy atom. The number of hydrogen-bond acceptors (Lipinski definition) is 5. The van der Waals surface area contributed by atoms with Gasteiger partial charge >= 0.3 is 0 Å². The third-order valence-electron chi connectivity index (χ3n) is 4.71. The number of aliphatic hydroxyl groups excluding tert-OH is 1. The standard InChI is InChI=1S/C16H16F4N4O2S/c17-14(18)10(25)1-8-5-24-6-16(19,20)2-9-11(24)13(15(26)23-8)27-12(9)7-3-21-22-4-7/h3-4,8,10,14,25H,1-2,5-6H2,(H,21,22)(H,23,26)/t8-,10+/m1/s1. The van der Waals surface area contributed by atoms with Crippen LogP contribution in [-0.4, -0.2) is 58.8 Å². The Morgan fingerprint density at radius 3 is 2.85 bits per heavy atom. The molecule has 2 aromatic rings. The van der Waals surface area contributed by atoms with Crippen molar-refractivity contribution in [2.45, 2.75) is 37.3 Å². The summed E-state index contributed by atoms with van der Waals surface area (Å²) in [6.45, 7) is -0.683. The maximum Gasteiger partial charge on any atom is 0.269 e. The number of anilines is 1. The monoisotopic (exact) mass is 404 g/mol. The van der Waals surface area contributed by atoms with E-state index in [9.17, 15) is 27.5 Å². The number of halogens is 4. The zero-order chi connectivity index (χ0) is 19.3. The first-order valence-corrected chi connectivity index (χ1v) is 9.11. The van der Waals surface area contributed by atoms with E-state index >= 15 is 0 Å². The van der Waals surface area contributed by atoms with Crippen molar-refractivity contribution in [3.05, 3.63) is 22.8 Å². The lowest BCUT2D eigenvalue weighted by molar-refractivity contribution is -0.0146. The normalized spacial score (nSPS) is 22.4. The van der Waals surface area contributed by atoms with Crippen LogP contribution in [0.3, 0.4) is 0 Å². The second kappa shape index (κ2) is 6.48. The number of nitrogens with one attached hydrogen (secondary N) is 2. The van der Waals surface area contributed by atoms with Crippen molar-refractivity contribution in [3.63, 3.8) is 0 Å². The number of rotatable bonds is 4. The van der Waals surface area contributed by atoms with Crippen molar-refractivity contribution in [2.24, 2.45) is 0 Å². The maximum absolute atomic E-state index is 14.4. The molecule has 0 bridgehead atoms. The van der Waals surface area contributed by atoms with Crippen molar-refractivity contribution >= 4 is 22.9 Å². The second-order valence-electron chi connectivity index (χ2n) is 6.80. The number of H-pyrrole nitrogens is 1. The molecule has 0 saturated heterocycles. The van der Waals surface area contributed by atoms with Crippen LogP contribution in [-0.2, 0) is 6.42 Å². The molecule has 0 fully saturated rings. The molecule has 0 spiro atoms. The Morgan fingerprint density at radius 1 is 1.41 bits per heavy atom. The average molecular weight is 404 g/mol. The van der Waals surface area contributed by atoms with Gasteiger partial charge in [0, 0.05) is 47.6 Å². The van der Waals surface area contributed by atoms with Crippen LogP contribution in [0.15, 0.2) is 12.4 Å². The van der Waals surface area contributed by atoms with E-state index in [4.69, 9.17) is 0 Å². The minimum Gasteiger partial charge on any atom is -0.387 e. The fourth-order valence-electron chi connectivity index (χ4n) is 3.64. The molecule has 0 saturated carbocycles. The van der Waals surface area contributed by atoms with E-state index in [0.29, 0.717) is 21.7 Å². The van der Waals surface area contributed by atoms with Crippen LogP contribution < -0.4 is 10.2 Å². The van der Waals surface area contributed by atoms with E-state index < -0.39 is 49.8 Å². The highest BCUT2D eigenvalue weighted by atomic mass is 32.1. The summed E-state index contributed by atoms with van der Waals surface area (Å²) in [7, 11) is 0. The third-order valence-corrected chi connectivity index (χ3v) is 5.98. The Labute approximate surface area is 155 Å². The molecule has 0 aliphatic carbocycles. The summed E-state index contributed by atoms with van der Waals surface area (Å²) in [5, 5.41) is 18.5.